The van der Waals surface area contributed by atoms with Crippen molar-refractivity contribution in [2.45, 2.75) is 23.9 Å². The highest BCUT2D eigenvalue weighted by Crippen LogP contribution is 2.27. The van der Waals surface area contributed by atoms with E-state index in [1.54, 1.807) is 18.0 Å². The van der Waals surface area contributed by atoms with Crippen LogP contribution in [-0.4, -0.2) is 19.7 Å². The van der Waals surface area contributed by atoms with Crippen molar-refractivity contribution < 1.29 is 0 Å². The van der Waals surface area contributed by atoms with Crippen molar-refractivity contribution in [2.24, 2.45) is 0 Å². The van der Waals surface area contributed by atoms with Crippen molar-refractivity contribution in [1.29, 1.82) is 0 Å². The number of thioether (sulfide) groups is 1. The molecule has 2 aromatic carbocycles. The Balaban J connectivity index is 1.58. The fraction of sp³-hybridized carbons (Fsp3) is 0.136. The summed E-state index contributed by atoms with van der Waals surface area (Å²) in [6, 6.07) is 22.3. The normalized spacial score (nSPS) is 10.9. The fourth-order valence-corrected chi connectivity index (χ4v) is 3.97. The van der Waals surface area contributed by atoms with E-state index >= 15 is 0 Å². The Morgan fingerprint density at radius 2 is 1.68 bits per heavy atom. The van der Waals surface area contributed by atoms with E-state index in [-0.39, 0.29) is 0 Å². The molecule has 0 bridgehead atoms. The summed E-state index contributed by atoms with van der Waals surface area (Å²) in [7, 11) is 0. The molecule has 28 heavy (non-hydrogen) atoms. The molecule has 2 heterocycles. The molecule has 0 unspecified atom stereocenters. The summed E-state index contributed by atoms with van der Waals surface area (Å²) in [4.78, 5) is 4.23. The number of aryl methyl sites for hydroxylation is 1. The molecular weight excluding hydrogens is 388 g/mol. The summed E-state index contributed by atoms with van der Waals surface area (Å²) in [6.45, 7) is 0.810. The van der Waals surface area contributed by atoms with Crippen LogP contribution >= 0.6 is 23.4 Å². The minimum atomic E-state index is 0.749. The lowest BCUT2D eigenvalue weighted by atomic mass is 10.1. The number of aromatic nitrogens is 4. The van der Waals surface area contributed by atoms with Crippen molar-refractivity contribution in [1.82, 2.24) is 19.7 Å². The van der Waals surface area contributed by atoms with Crippen LogP contribution in [0.5, 0.6) is 0 Å². The molecule has 0 saturated heterocycles. The predicted octanol–water partition coefficient (Wildman–Crippen LogP) is 5.53. The van der Waals surface area contributed by atoms with Gasteiger partial charge in [0.2, 0.25) is 0 Å². The number of nitrogens with zero attached hydrogens (tertiary/aromatic N) is 4. The van der Waals surface area contributed by atoms with Crippen molar-refractivity contribution >= 4 is 23.4 Å². The first-order valence-electron chi connectivity index (χ1n) is 9.04. The monoisotopic (exact) mass is 406 g/mol. The number of halogens is 1. The summed E-state index contributed by atoms with van der Waals surface area (Å²) in [6.07, 6.45) is 4.52. The number of pyridine rings is 1. The molecule has 0 aliphatic carbocycles. The summed E-state index contributed by atoms with van der Waals surface area (Å²) in [5, 5.41) is 10.6. The van der Waals surface area contributed by atoms with E-state index in [1.807, 2.05) is 48.7 Å². The van der Waals surface area contributed by atoms with Gasteiger partial charge in [-0.1, -0.05) is 65.8 Å². The molecule has 0 aliphatic heterocycles. The maximum Gasteiger partial charge on any atom is 0.191 e. The van der Waals surface area contributed by atoms with Gasteiger partial charge in [0.1, 0.15) is 0 Å². The summed E-state index contributed by atoms with van der Waals surface area (Å²) in [5.74, 6) is 1.66. The van der Waals surface area contributed by atoms with E-state index < -0.39 is 0 Å². The van der Waals surface area contributed by atoms with Crippen LogP contribution in [-0.2, 0) is 18.7 Å². The van der Waals surface area contributed by atoms with Gasteiger partial charge in [-0.3, -0.25) is 4.98 Å². The SMILES string of the molecule is Clc1ccc(CSc2nnc(-c3cccnc3)n2CCc2ccccc2)cc1. The van der Waals surface area contributed by atoms with E-state index in [9.17, 15) is 0 Å². The Kier molecular flexibility index (Phi) is 6.04. The van der Waals surface area contributed by atoms with Crippen LogP contribution in [0.4, 0.5) is 0 Å². The molecule has 4 nitrogen and oxygen atoms in total. The highest BCUT2D eigenvalue weighted by molar-refractivity contribution is 7.98. The Morgan fingerprint density at radius 1 is 0.857 bits per heavy atom. The van der Waals surface area contributed by atoms with Crippen LogP contribution in [0.25, 0.3) is 11.4 Å². The first-order chi connectivity index (χ1) is 13.8. The van der Waals surface area contributed by atoms with E-state index in [2.05, 4.69) is 44.0 Å². The molecule has 0 aliphatic rings. The average Bonchev–Trinajstić information content (AvgIpc) is 3.16. The molecule has 0 saturated carbocycles. The summed E-state index contributed by atoms with van der Waals surface area (Å²) < 4.78 is 2.19. The lowest BCUT2D eigenvalue weighted by Gasteiger charge is -2.10. The quantitative estimate of drug-likeness (QED) is 0.378. The van der Waals surface area contributed by atoms with Crippen molar-refractivity contribution in [3.8, 4) is 11.4 Å². The number of rotatable bonds is 7. The van der Waals surface area contributed by atoms with Gasteiger partial charge in [-0.2, -0.15) is 0 Å². The van der Waals surface area contributed by atoms with Gasteiger partial charge in [-0.15, -0.1) is 10.2 Å². The van der Waals surface area contributed by atoms with Gasteiger partial charge in [-0.05, 0) is 41.8 Å². The Labute approximate surface area is 173 Å². The first-order valence-corrected chi connectivity index (χ1v) is 10.4. The molecule has 140 valence electrons. The maximum absolute atomic E-state index is 5.99. The topological polar surface area (TPSA) is 43.6 Å². The van der Waals surface area contributed by atoms with Crippen LogP contribution < -0.4 is 0 Å². The van der Waals surface area contributed by atoms with Gasteiger partial charge in [0.05, 0.1) is 0 Å². The maximum atomic E-state index is 5.99. The zero-order valence-electron chi connectivity index (χ0n) is 15.2. The first kappa shape index (κ1) is 18.7. The molecular formula is C22H19ClN4S. The second-order valence-corrected chi connectivity index (χ2v) is 7.73. The van der Waals surface area contributed by atoms with Crippen LogP contribution in [0.1, 0.15) is 11.1 Å². The number of benzene rings is 2. The van der Waals surface area contributed by atoms with Gasteiger partial charge in [0, 0.05) is 35.3 Å². The largest absolute Gasteiger partial charge is 0.302 e. The number of hydrogen-bond acceptors (Lipinski definition) is 4. The third-order valence-corrected chi connectivity index (χ3v) is 5.67. The van der Waals surface area contributed by atoms with Gasteiger partial charge >= 0.3 is 0 Å². The van der Waals surface area contributed by atoms with Gasteiger partial charge < -0.3 is 4.57 Å². The lowest BCUT2D eigenvalue weighted by molar-refractivity contribution is 0.639. The molecule has 0 fully saturated rings. The van der Waals surface area contributed by atoms with Crippen molar-refractivity contribution in [3.63, 3.8) is 0 Å². The molecule has 6 heteroatoms. The molecule has 0 atom stereocenters. The van der Waals surface area contributed by atoms with Crippen LogP contribution in [0.15, 0.2) is 84.3 Å². The zero-order valence-corrected chi connectivity index (χ0v) is 16.8. The molecule has 4 rings (SSSR count). The highest BCUT2D eigenvalue weighted by Gasteiger charge is 2.14. The standard InChI is InChI=1S/C22H19ClN4S/c23-20-10-8-18(9-11-20)16-28-22-26-25-21(19-7-4-13-24-15-19)27(22)14-12-17-5-2-1-3-6-17/h1-11,13,15H,12,14,16H2. The van der Waals surface area contributed by atoms with Crippen molar-refractivity contribution in [3.05, 3.63) is 95.3 Å². The van der Waals surface area contributed by atoms with E-state index in [1.165, 1.54) is 11.1 Å². The van der Waals surface area contributed by atoms with Gasteiger partial charge in [0.15, 0.2) is 11.0 Å². The third kappa shape index (κ3) is 4.61. The Morgan fingerprint density at radius 3 is 2.43 bits per heavy atom. The molecule has 2 aromatic heterocycles. The predicted molar refractivity (Wildman–Crippen MR) is 114 cm³/mol. The van der Waals surface area contributed by atoms with Crippen molar-refractivity contribution in [2.75, 3.05) is 0 Å². The van der Waals surface area contributed by atoms with E-state index in [0.29, 0.717) is 0 Å². The third-order valence-electron chi connectivity index (χ3n) is 4.38. The molecule has 0 spiro atoms. The Bertz CT molecular complexity index is 1020. The molecule has 4 aromatic rings. The van der Waals surface area contributed by atoms with E-state index in [0.717, 1.165) is 40.3 Å². The summed E-state index contributed by atoms with van der Waals surface area (Å²) >= 11 is 7.67. The average molecular weight is 407 g/mol. The zero-order chi connectivity index (χ0) is 19.2. The minimum Gasteiger partial charge on any atom is -0.302 e. The molecule has 0 N–H and O–H groups in total. The smallest absolute Gasteiger partial charge is 0.191 e. The lowest BCUT2D eigenvalue weighted by Crippen LogP contribution is -2.05. The molecule has 0 amide bonds. The van der Waals surface area contributed by atoms with Crippen LogP contribution in [0.2, 0.25) is 5.02 Å². The minimum absolute atomic E-state index is 0.749. The Hall–Kier alpha value is -2.63. The second-order valence-electron chi connectivity index (χ2n) is 6.35. The van der Waals surface area contributed by atoms with E-state index in [4.69, 9.17) is 11.6 Å². The fourth-order valence-electron chi connectivity index (χ4n) is 2.92. The summed E-state index contributed by atoms with van der Waals surface area (Å²) in [5.41, 5.74) is 3.47. The van der Waals surface area contributed by atoms with Crippen LogP contribution in [0.3, 0.4) is 0 Å². The molecule has 0 radical (unpaired) electrons. The number of hydrogen-bond donors (Lipinski definition) is 0. The van der Waals surface area contributed by atoms with Gasteiger partial charge in [-0.25, -0.2) is 0 Å². The second kappa shape index (κ2) is 9.04. The highest BCUT2D eigenvalue weighted by atomic mass is 35.5. The van der Waals surface area contributed by atoms with Gasteiger partial charge in [0.25, 0.3) is 0 Å². The van der Waals surface area contributed by atoms with Crippen LogP contribution in [0, 0.1) is 0 Å².